The van der Waals surface area contributed by atoms with Crippen molar-refractivity contribution in [2.45, 2.75) is 25.8 Å². The van der Waals surface area contributed by atoms with Crippen LogP contribution in [0, 0.1) is 10.1 Å². The molecule has 0 atom stereocenters. The van der Waals surface area contributed by atoms with E-state index in [-0.39, 0.29) is 10.7 Å². The summed E-state index contributed by atoms with van der Waals surface area (Å²) in [5.41, 5.74) is 0.0251. The first-order chi connectivity index (χ1) is 27.8. The third-order valence-electron chi connectivity index (χ3n) is 8.48. The van der Waals surface area contributed by atoms with Crippen molar-refractivity contribution in [3.63, 3.8) is 0 Å². The molecule has 0 saturated heterocycles. The maximum Gasteiger partial charge on any atom is 0.269 e. The lowest BCUT2D eigenvalue weighted by molar-refractivity contribution is -0.384. The standard InChI is InChI=1S/C42H63NO13Si/c1-42(2,3)57(40-10-6-4-7-11-40,41-12-8-5-9-13-41)56-37-35-54-33-31-52-29-27-50-25-23-48-21-19-46-18-20-47-22-24-49-26-28-51-30-32-53-34-36-55-39-16-14-38(15-17-39)43(44)45/h4-17H,18-37H2,1-3H3. The quantitative estimate of drug-likeness (QED) is 0.0351. The highest BCUT2D eigenvalue weighted by Crippen LogP contribution is 2.36. The van der Waals surface area contributed by atoms with Gasteiger partial charge in [0.1, 0.15) is 12.4 Å². The minimum absolute atomic E-state index is 0.0251. The van der Waals surface area contributed by atoms with Crippen molar-refractivity contribution in [1.82, 2.24) is 0 Å². The summed E-state index contributed by atoms with van der Waals surface area (Å²) < 4.78 is 62.4. The van der Waals surface area contributed by atoms with Crippen LogP contribution in [0.15, 0.2) is 84.9 Å². The van der Waals surface area contributed by atoms with Gasteiger partial charge in [-0.2, -0.15) is 0 Å². The zero-order valence-corrected chi connectivity index (χ0v) is 35.0. The van der Waals surface area contributed by atoms with Crippen LogP contribution in [0.3, 0.4) is 0 Å². The Kier molecular flexibility index (Phi) is 25.1. The summed E-state index contributed by atoms with van der Waals surface area (Å²) in [6.07, 6.45) is 0. The van der Waals surface area contributed by atoms with Gasteiger partial charge in [-0.15, -0.1) is 0 Å². The minimum atomic E-state index is -2.55. The second-order valence-electron chi connectivity index (χ2n) is 13.6. The molecular formula is C42H63NO13Si. The lowest BCUT2D eigenvalue weighted by Crippen LogP contribution is -2.66. The molecule has 0 spiro atoms. The van der Waals surface area contributed by atoms with E-state index >= 15 is 0 Å². The van der Waals surface area contributed by atoms with Gasteiger partial charge in [-0.25, -0.2) is 0 Å². The fourth-order valence-corrected chi connectivity index (χ4v) is 10.3. The summed E-state index contributed by atoms with van der Waals surface area (Å²) >= 11 is 0. The van der Waals surface area contributed by atoms with Crippen LogP contribution in [-0.2, 0) is 47.1 Å². The second-order valence-corrected chi connectivity index (χ2v) is 17.9. The van der Waals surface area contributed by atoms with Gasteiger partial charge in [0.05, 0.1) is 130 Å². The van der Waals surface area contributed by atoms with Gasteiger partial charge in [0.15, 0.2) is 0 Å². The first kappa shape index (κ1) is 48.0. The Morgan fingerprint density at radius 3 is 1.04 bits per heavy atom. The van der Waals surface area contributed by atoms with Crippen molar-refractivity contribution in [1.29, 1.82) is 0 Å². The highest BCUT2D eigenvalue weighted by atomic mass is 28.4. The molecule has 3 aromatic carbocycles. The Balaban J connectivity index is 1.01. The lowest BCUT2D eigenvalue weighted by Gasteiger charge is -2.43. The number of benzene rings is 3. The van der Waals surface area contributed by atoms with Crippen LogP contribution in [-0.4, -0.2) is 145 Å². The molecular weight excluding hydrogens is 755 g/mol. The number of hydrogen-bond donors (Lipinski definition) is 0. The number of nitrogens with zero attached hydrogens (tertiary/aromatic N) is 1. The Labute approximate surface area is 339 Å². The van der Waals surface area contributed by atoms with E-state index in [0.717, 1.165) is 0 Å². The Morgan fingerprint density at radius 2 is 0.737 bits per heavy atom. The Bertz CT molecular complexity index is 1380. The van der Waals surface area contributed by atoms with Gasteiger partial charge < -0.3 is 51.8 Å². The van der Waals surface area contributed by atoms with Crippen LogP contribution in [0.25, 0.3) is 0 Å². The minimum Gasteiger partial charge on any atom is -0.491 e. The van der Waals surface area contributed by atoms with Crippen LogP contribution >= 0.6 is 0 Å². The second kappa shape index (κ2) is 29.8. The van der Waals surface area contributed by atoms with E-state index in [1.165, 1.54) is 22.5 Å². The van der Waals surface area contributed by atoms with Gasteiger partial charge in [-0.1, -0.05) is 81.4 Å². The molecule has 0 aromatic heterocycles. The summed E-state index contributed by atoms with van der Waals surface area (Å²) in [5.74, 6) is 0.556. The first-order valence-electron chi connectivity index (χ1n) is 19.7. The van der Waals surface area contributed by atoms with Crippen LogP contribution in [0.4, 0.5) is 5.69 Å². The zero-order valence-electron chi connectivity index (χ0n) is 34.0. The topological polar surface area (TPSA) is 145 Å². The predicted molar refractivity (Wildman–Crippen MR) is 220 cm³/mol. The fourth-order valence-electron chi connectivity index (χ4n) is 5.76. The normalized spacial score (nSPS) is 11.9. The SMILES string of the molecule is CC(C)(C)[Si](OCCOCCOCCOCCOCCOCCOCCOCCOCCOCCOc1ccc([N+](=O)[O-])cc1)(c1ccccc1)c1ccccc1. The summed E-state index contributed by atoms with van der Waals surface area (Å²) in [6.45, 7) is 16.2. The maximum atomic E-state index is 10.7. The molecule has 0 amide bonds. The van der Waals surface area contributed by atoms with E-state index < -0.39 is 13.2 Å². The molecule has 0 bridgehead atoms. The summed E-state index contributed by atoms with van der Waals surface area (Å²) in [5, 5.41) is 13.1. The number of nitro groups is 1. The summed E-state index contributed by atoms with van der Waals surface area (Å²) in [6, 6.07) is 27.2. The van der Waals surface area contributed by atoms with Crippen molar-refractivity contribution in [2.24, 2.45) is 0 Å². The summed E-state index contributed by atoms with van der Waals surface area (Å²) in [7, 11) is -2.55. The van der Waals surface area contributed by atoms with E-state index in [1.54, 1.807) is 12.1 Å². The van der Waals surface area contributed by atoms with Gasteiger partial charge in [-0.05, 0) is 27.5 Å². The van der Waals surface area contributed by atoms with Gasteiger partial charge in [-0.3, -0.25) is 10.1 Å². The van der Waals surface area contributed by atoms with Gasteiger partial charge in [0, 0.05) is 12.1 Å². The van der Waals surface area contributed by atoms with Crippen LogP contribution in [0.5, 0.6) is 5.75 Å². The molecule has 15 heteroatoms. The molecule has 0 aliphatic carbocycles. The first-order valence-corrected chi connectivity index (χ1v) is 21.6. The smallest absolute Gasteiger partial charge is 0.269 e. The number of rotatable bonds is 35. The van der Waals surface area contributed by atoms with E-state index in [4.69, 9.17) is 51.8 Å². The number of non-ortho nitro benzene ring substituents is 1. The van der Waals surface area contributed by atoms with E-state index in [2.05, 4.69) is 69.3 Å². The van der Waals surface area contributed by atoms with E-state index in [9.17, 15) is 10.1 Å². The number of nitro benzene ring substituents is 1. The van der Waals surface area contributed by atoms with Gasteiger partial charge in [0.2, 0.25) is 0 Å². The summed E-state index contributed by atoms with van der Waals surface area (Å²) in [4.78, 5) is 10.2. The monoisotopic (exact) mass is 817 g/mol. The lowest BCUT2D eigenvalue weighted by atomic mass is 10.2. The number of hydrogen-bond acceptors (Lipinski definition) is 13. The molecule has 57 heavy (non-hydrogen) atoms. The third kappa shape index (κ3) is 19.8. The van der Waals surface area contributed by atoms with Crippen LogP contribution in [0.1, 0.15) is 20.8 Å². The van der Waals surface area contributed by atoms with E-state index in [1.807, 2.05) is 12.1 Å². The molecule has 3 rings (SSSR count). The molecule has 0 unspecified atom stereocenters. The molecule has 14 nitrogen and oxygen atoms in total. The molecule has 0 saturated carbocycles. The van der Waals surface area contributed by atoms with Crippen molar-refractivity contribution >= 4 is 24.4 Å². The Hall–Kier alpha value is -3.32. The van der Waals surface area contributed by atoms with Crippen molar-refractivity contribution in [3.8, 4) is 5.75 Å². The van der Waals surface area contributed by atoms with Gasteiger partial charge >= 0.3 is 0 Å². The maximum absolute atomic E-state index is 10.7. The van der Waals surface area contributed by atoms with Gasteiger partial charge in [0.25, 0.3) is 14.0 Å². The highest BCUT2D eigenvalue weighted by Gasteiger charge is 2.50. The van der Waals surface area contributed by atoms with Crippen LogP contribution in [0.2, 0.25) is 5.04 Å². The molecule has 0 radical (unpaired) electrons. The molecule has 0 fully saturated rings. The predicted octanol–water partition coefficient (Wildman–Crippen LogP) is 4.70. The van der Waals surface area contributed by atoms with E-state index in [0.29, 0.717) is 138 Å². The molecule has 3 aromatic rings. The number of ether oxygens (including phenoxy) is 10. The Morgan fingerprint density at radius 1 is 0.439 bits per heavy atom. The zero-order chi connectivity index (χ0) is 40.7. The average molecular weight is 818 g/mol. The molecule has 0 N–H and O–H groups in total. The van der Waals surface area contributed by atoms with Crippen LogP contribution < -0.4 is 15.1 Å². The molecule has 0 heterocycles. The average Bonchev–Trinajstić information content (AvgIpc) is 3.21. The third-order valence-corrected chi connectivity index (χ3v) is 13.5. The van der Waals surface area contributed by atoms with Crippen molar-refractivity contribution < 1.29 is 56.7 Å². The van der Waals surface area contributed by atoms with Crippen molar-refractivity contribution in [2.75, 3.05) is 132 Å². The largest absolute Gasteiger partial charge is 0.491 e. The molecule has 0 aliphatic heterocycles. The molecule has 0 aliphatic rings. The van der Waals surface area contributed by atoms with Crippen molar-refractivity contribution in [3.05, 3.63) is 95.0 Å². The fraction of sp³-hybridized carbons (Fsp3) is 0.571. The highest BCUT2D eigenvalue weighted by molar-refractivity contribution is 6.99. The molecule has 318 valence electrons.